The fourth-order valence-corrected chi connectivity index (χ4v) is 3.13. The predicted octanol–water partition coefficient (Wildman–Crippen LogP) is 1.92. The molecule has 0 aromatic heterocycles. The molecule has 0 aliphatic carbocycles. The minimum atomic E-state index is -2.51. The largest absolute Gasteiger partial charge is 0.305 e. The molecular formula is C12H22F2N2. The van der Waals surface area contributed by atoms with E-state index in [-0.39, 0.29) is 6.54 Å². The SMILES string of the molecule is CC(C)CN1CCC2(CN(C)C2)C(F)(F)C1. The van der Waals surface area contributed by atoms with Crippen LogP contribution in [0.25, 0.3) is 0 Å². The molecule has 16 heavy (non-hydrogen) atoms. The summed E-state index contributed by atoms with van der Waals surface area (Å²) in [6.07, 6.45) is 0.650. The number of halogens is 2. The maximum atomic E-state index is 14.1. The van der Waals surface area contributed by atoms with Crippen molar-refractivity contribution in [3.63, 3.8) is 0 Å². The molecule has 2 nitrogen and oxygen atoms in total. The summed E-state index contributed by atoms with van der Waals surface area (Å²) in [5, 5.41) is 0. The van der Waals surface area contributed by atoms with E-state index < -0.39 is 11.3 Å². The Kier molecular flexibility index (Phi) is 2.99. The average Bonchev–Trinajstić information content (AvgIpc) is 2.06. The van der Waals surface area contributed by atoms with Crippen LogP contribution < -0.4 is 0 Å². The Morgan fingerprint density at radius 3 is 2.25 bits per heavy atom. The fourth-order valence-electron chi connectivity index (χ4n) is 3.13. The lowest BCUT2D eigenvalue weighted by Crippen LogP contribution is -2.69. The van der Waals surface area contributed by atoms with Gasteiger partial charge in [-0.3, -0.25) is 4.90 Å². The fraction of sp³-hybridized carbons (Fsp3) is 1.00. The summed E-state index contributed by atoms with van der Waals surface area (Å²) in [7, 11) is 1.92. The number of nitrogens with zero attached hydrogens (tertiary/aromatic N) is 2. The van der Waals surface area contributed by atoms with Crippen molar-refractivity contribution >= 4 is 0 Å². The molecule has 2 saturated heterocycles. The van der Waals surface area contributed by atoms with Gasteiger partial charge in [-0.05, 0) is 25.9 Å². The summed E-state index contributed by atoms with van der Waals surface area (Å²) in [5.74, 6) is -2.04. The summed E-state index contributed by atoms with van der Waals surface area (Å²) in [5.41, 5.74) is -0.713. The van der Waals surface area contributed by atoms with Crippen LogP contribution in [-0.4, -0.2) is 55.5 Å². The van der Waals surface area contributed by atoms with Gasteiger partial charge in [0.15, 0.2) is 0 Å². The molecule has 0 saturated carbocycles. The lowest BCUT2D eigenvalue weighted by Gasteiger charge is -2.56. The molecule has 0 aromatic rings. The van der Waals surface area contributed by atoms with Crippen molar-refractivity contribution < 1.29 is 8.78 Å². The van der Waals surface area contributed by atoms with Gasteiger partial charge in [-0.15, -0.1) is 0 Å². The van der Waals surface area contributed by atoms with Crippen LogP contribution >= 0.6 is 0 Å². The van der Waals surface area contributed by atoms with Crippen molar-refractivity contribution in [3.8, 4) is 0 Å². The van der Waals surface area contributed by atoms with Gasteiger partial charge < -0.3 is 4.90 Å². The highest BCUT2D eigenvalue weighted by Gasteiger charge is 2.61. The van der Waals surface area contributed by atoms with E-state index in [2.05, 4.69) is 13.8 Å². The summed E-state index contributed by atoms with van der Waals surface area (Å²) in [4.78, 5) is 3.92. The second-order valence-electron chi connectivity index (χ2n) is 6.04. The molecule has 0 atom stereocenters. The molecule has 0 aromatic carbocycles. The highest BCUT2D eigenvalue weighted by atomic mass is 19.3. The van der Waals surface area contributed by atoms with Crippen LogP contribution in [-0.2, 0) is 0 Å². The van der Waals surface area contributed by atoms with Gasteiger partial charge in [0.05, 0.1) is 12.0 Å². The lowest BCUT2D eigenvalue weighted by molar-refractivity contribution is -0.220. The minimum absolute atomic E-state index is 0.0426. The Bertz CT molecular complexity index is 260. The van der Waals surface area contributed by atoms with E-state index in [1.165, 1.54) is 0 Å². The van der Waals surface area contributed by atoms with Crippen LogP contribution in [0.4, 0.5) is 8.78 Å². The molecule has 0 radical (unpaired) electrons. The quantitative estimate of drug-likeness (QED) is 0.717. The molecule has 0 bridgehead atoms. The highest BCUT2D eigenvalue weighted by molar-refractivity contribution is 5.07. The number of likely N-dealkylation sites (tertiary alicyclic amines) is 2. The van der Waals surface area contributed by atoms with Crippen molar-refractivity contribution in [1.82, 2.24) is 9.80 Å². The van der Waals surface area contributed by atoms with Crippen molar-refractivity contribution in [2.24, 2.45) is 11.3 Å². The highest BCUT2D eigenvalue weighted by Crippen LogP contribution is 2.49. The van der Waals surface area contributed by atoms with E-state index in [1.54, 1.807) is 0 Å². The van der Waals surface area contributed by atoms with Crippen LogP contribution in [0, 0.1) is 11.3 Å². The number of piperidine rings is 1. The van der Waals surface area contributed by atoms with Gasteiger partial charge in [0.2, 0.25) is 0 Å². The molecular weight excluding hydrogens is 210 g/mol. The summed E-state index contributed by atoms with van der Waals surface area (Å²) >= 11 is 0. The Labute approximate surface area is 96.6 Å². The van der Waals surface area contributed by atoms with Crippen molar-refractivity contribution in [2.45, 2.75) is 26.2 Å². The Balaban J connectivity index is 1.99. The summed E-state index contributed by atoms with van der Waals surface area (Å²) in [6, 6.07) is 0. The molecule has 94 valence electrons. The van der Waals surface area contributed by atoms with Crippen LogP contribution in [0.15, 0.2) is 0 Å². The normalized spacial score (nSPS) is 29.6. The lowest BCUT2D eigenvalue weighted by atomic mass is 9.69. The van der Waals surface area contributed by atoms with Gasteiger partial charge >= 0.3 is 0 Å². The maximum absolute atomic E-state index is 14.1. The average molecular weight is 232 g/mol. The molecule has 2 rings (SSSR count). The second-order valence-corrected chi connectivity index (χ2v) is 6.04. The molecule has 2 fully saturated rings. The molecule has 4 heteroatoms. The Morgan fingerprint density at radius 1 is 1.19 bits per heavy atom. The van der Waals surface area contributed by atoms with E-state index in [1.807, 2.05) is 16.8 Å². The molecule has 2 aliphatic rings. The van der Waals surface area contributed by atoms with E-state index in [4.69, 9.17) is 0 Å². The number of hydrogen-bond acceptors (Lipinski definition) is 2. The zero-order valence-corrected chi connectivity index (χ0v) is 10.5. The van der Waals surface area contributed by atoms with E-state index in [0.717, 1.165) is 13.1 Å². The van der Waals surface area contributed by atoms with E-state index in [0.29, 0.717) is 25.4 Å². The summed E-state index contributed by atoms with van der Waals surface area (Å²) in [6.45, 7) is 6.88. The van der Waals surface area contributed by atoms with Crippen molar-refractivity contribution in [2.75, 3.05) is 39.8 Å². The van der Waals surface area contributed by atoms with Crippen LogP contribution in [0.3, 0.4) is 0 Å². The monoisotopic (exact) mass is 232 g/mol. The third-order valence-corrected chi connectivity index (χ3v) is 3.87. The van der Waals surface area contributed by atoms with Crippen LogP contribution in [0.2, 0.25) is 0 Å². The molecule has 2 heterocycles. The van der Waals surface area contributed by atoms with E-state index in [9.17, 15) is 8.78 Å². The van der Waals surface area contributed by atoms with Crippen molar-refractivity contribution in [1.29, 1.82) is 0 Å². The Hall–Kier alpha value is -0.220. The van der Waals surface area contributed by atoms with E-state index >= 15 is 0 Å². The molecule has 0 unspecified atom stereocenters. The molecule has 2 aliphatic heterocycles. The third-order valence-electron chi connectivity index (χ3n) is 3.87. The minimum Gasteiger partial charge on any atom is -0.305 e. The first-order valence-electron chi connectivity index (χ1n) is 6.13. The standard InChI is InChI=1S/C12H22F2N2/c1-10(2)6-16-5-4-11(7-15(3)8-11)12(13,14)9-16/h10H,4-9H2,1-3H3. The number of rotatable bonds is 2. The van der Waals surface area contributed by atoms with Gasteiger partial charge in [0, 0.05) is 19.6 Å². The second kappa shape index (κ2) is 3.91. The first kappa shape index (κ1) is 12.2. The van der Waals surface area contributed by atoms with Crippen LogP contribution in [0.5, 0.6) is 0 Å². The zero-order chi connectivity index (χ0) is 12.0. The number of hydrogen-bond donors (Lipinski definition) is 0. The first-order valence-corrected chi connectivity index (χ1v) is 6.13. The molecule has 0 amide bonds. The van der Waals surface area contributed by atoms with Crippen molar-refractivity contribution in [3.05, 3.63) is 0 Å². The number of alkyl halides is 2. The maximum Gasteiger partial charge on any atom is 0.268 e. The predicted molar refractivity (Wildman–Crippen MR) is 60.8 cm³/mol. The summed E-state index contributed by atoms with van der Waals surface area (Å²) < 4.78 is 28.2. The van der Waals surface area contributed by atoms with Gasteiger partial charge in [-0.25, -0.2) is 8.78 Å². The van der Waals surface area contributed by atoms with Gasteiger partial charge in [-0.1, -0.05) is 13.8 Å². The topological polar surface area (TPSA) is 6.48 Å². The molecule has 0 N–H and O–H groups in total. The first-order chi connectivity index (χ1) is 7.35. The van der Waals surface area contributed by atoms with Gasteiger partial charge in [0.1, 0.15) is 0 Å². The Morgan fingerprint density at radius 2 is 1.81 bits per heavy atom. The smallest absolute Gasteiger partial charge is 0.268 e. The molecule has 1 spiro atoms. The van der Waals surface area contributed by atoms with Gasteiger partial charge in [-0.2, -0.15) is 0 Å². The third kappa shape index (κ3) is 1.97. The zero-order valence-electron chi connectivity index (χ0n) is 10.5. The van der Waals surface area contributed by atoms with Crippen LogP contribution in [0.1, 0.15) is 20.3 Å². The van der Waals surface area contributed by atoms with Gasteiger partial charge in [0.25, 0.3) is 5.92 Å².